The zero-order valence-corrected chi connectivity index (χ0v) is 14.0. The maximum absolute atomic E-state index is 12.8. The van der Waals surface area contributed by atoms with Crippen LogP contribution in [-0.4, -0.2) is 66.0 Å². The molecule has 0 aromatic carbocycles. The molecule has 3 rings (SSSR count). The summed E-state index contributed by atoms with van der Waals surface area (Å²) in [6, 6.07) is 0. The Hall–Kier alpha value is -0.960. The molecular formula is C14H24N4O3S. The van der Waals surface area contributed by atoms with Crippen molar-refractivity contribution in [3.63, 3.8) is 0 Å². The summed E-state index contributed by atoms with van der Waals surface area (Å²) in [5.41, 5.74) is 0.977. The molecule has 0 saturated carbocycles. The van der Waals surface area contributed by atoms with Crippen molar-refractivity contribution in [3.05, 3.63) is 17.7 Å². The minimum Gasteiger partial charge on any atom is -0.379 e. The van der Waals surface area contributed by atoms with E-state index in [-0.39, 0.29) is 5.92 Å². The summed E-state index contributed by atoms with van der Waals surface area (Å²) < 4.78 is 36.0. The fraction of sp³-hybridized carbons (Fsp3) is 0.786. The van der Waals surface area contributed by atoms with Crippen LogP contribution in [0.1, 0.15) is 30.3 Å². The van der Waals surface area contributed by atoms with E-state index in [1.54, 1.807) is 8.61 Å². The van der Waals surface area contributed by atoms with Gasteiger partial charge in [0.15, 0.2) is 0 Å². The van der Waals surface area contributed by atoms with Crippen LogP contribution in [0.3, 0.4) is 0 Å². The molecule has 0 unspecified atom stereocenters. The number of aryl methyl sites for hydroxylation is 2. The van der Waals surface area contributed by atoms with Crippen molar-refractivity contribution in [2.75, 3.05) is 39.4 Å². The Morgan fingerprint density at radius 3 is 2.59 bits per heavy atom. The molecule has 2 saturated heterocycles. The quantitative estimate of drug-likeness (QED) is 0.810. The average molecular weight is 328 g/mol. The van der Waals surface area contributed by atoms with Crippen molar-refractivity contribution in [1.82, 2.24) is 18.2 Å². The van der Waals surface area contributed by atoms with Crippen molar-refractivity contribution in [3.8, 4) is 0 Å². The third-order valence-corrected chi connectivity index (χ3v) is 6.41. The lowest BCUT2D eigenvalue weighted by atomic mass is 9.99. The third-order valence-electron chi connectivity index (χ3n) is 4.40. The van der Waals surface area contributed by atoms with Gasteiger partial charge in [-0.3, -0.25) is 0 Å². The third kappa shape index (κ3) is 3.05. The van der Waals surface area contributed by atoms with Gasteiger partial charge in [-0.25, -0.2) is 4.98 Å². The van der Waals surface area contributed by atoms with Crippen molar-refractivity contribution < 1.29 is 13.2 Å². The van der Waals surface area contributed by atoms with E-state index in [0.717, 1.165) is 24.4 Å². The summed E-state index contributed by atoms with van der Waals surface area (Å²) in [5, 5.41) is 0. The second-order valence-electron chi connectivity index (χ2n) is 6.07. The number of morpholine rings is 1. The molecule has 124 valence electrons. The highest BCUT2D eigenvalue weighted by atomic mass is 32.2. The van der Waals surface area contributed by atoms with Crippen LogP contribution < -0.4 is 0 Å². The average Bonchev–Trinajstić information content (AvgIpc) is 2.87. The number of imidazole rings is 1. The number of hydrogen-bond acceptors (Lipinski definition) is 4. The van der Waals surface area contributed by atoms with Crippen molar-refractivity contribution in [2.45, 2.75) is 25.7 Å². The summed E-state index contributed by atoms with van der Waals surface area (Å²) >= 11 is 0. The summed E-state index contributed by atoms with van der Waals surface area (Å²) in [7, 11) is -1.41. The minimum absolute atomic E-state index is 0.170. The number of nitrogens with zero attached hydrogens (tertiary/aromatic N) is 4. The maximum Gasteiger partial charge on any atom is 0.282 e. The van der Waals surface area contributed by atoms with Crippen LogP contribution in [0, 0.1) is 6.92 Å². The minimum atomic E-state index is -3.38. The fourth-order valence-electron chi connectivity index (χ4n) is 3.32. The predicted octanol–water partition coefficient (Wildman–Crippen LogP) is 0.485. The molecule has 1 atom stereocenters. The summed E-state index contributed by atoms with van der Waals surface area (Å²) in [4.78, 5) is 4.57. The Kier molecular flexibility index (Phi) is 4.54. The Labute approximate surface area is 132 Å². The number of rotatable bonds is 3. The molecule has 0 spiro atoms. The maximum atomic E-state index is 12.8. The molecule has 7 nitrogen and oxygen atoms in total. The second kappa shape index (κ2) is 6.27. The molecule has 3 heterocycles. The number of hydrogen-bond donors (Lipinski definition) is 0. The van der Waals surface area contributed by atoms with E-state index >= 15 is 0 Å². The highest BCUT2D eigenvalue weighted by Crippen LogP contribution is 2.28. The lowest BCUT2D eigenvalue weighted by Crippen LogP contribution is -2.51. The van der Waals surface area contributed by atoms with Gasteiger partial charge in [-0.2, -0.15) is 17.0 Å². The van der Waals surface area contributed by atoms with Crippen molar-refractivity contribution in [1.29, 1.82) is 0 Å². The van der Waals surface area contributed by atoms with Crippen molar-refractivity contribution in [2.24, 2.45) is 7.05 Å². The molecule has 22 heavy (non-hydrogen) atoms. The van der Waals surface area contributed by atoms with Gasteiger partial charge < -0.3 is 9.30 Å². The monoisotopic (exact) mass is 328 g/mol. The van der Waals surface area contributed by atoms with Gasteiger partial charge in [0.05, 0.1) is 18.9 Å². The van der Waals surface area contributed by atoms with Crippen molar-refractivity contribution >= 4 is 10.2 Å². The summed E-state index contributed by atoms with van der Waals surface area (Å²) in [6.45, 7) is 4.94. The van der Waals surface area contributed by atoms with Gasteiger partial charge in [0.1, 0.15) is 5.82 Å². The van der Waals surface area contributed by atoms with E-state index in [1.807, 2.05) is 24.7 Å². The summed E-state index contributed by atoms with van der Waals surface area (Å²) in [6.07, 6.45) is 3.85. The first-order valence-electron chi connectivity index (χ1n) is 7.81. The summed E-state index contributed by atoms with van der Waals surface area (Å²) in [5.74, 6) is 1.16. The highest BCUT2D eigenvalue weighted by Gasteiger charge is 2.35. The SMILES string of the molecule is Cc1cn(C)c([C@H]2CCCN(S(=O)(=O)N3CCOCC3)C2)n1. The Balaban J connectivity index is 1.76. The lowest BCUT2D eigenvalue weighted by Gasteiger charge is -2.36. The largest absolute Gasteiger partial charge is 0.379 e. The highest BCUT2D eigenvalue weighted by molar-refractivity contribution is 7.86. The smallest absolute Gasteiger partial charge is 0.282 e. The van der Waals surface area contributed by atoms with Crippen LogP contribution in [0.2, 0.25) is 0 Å². The molecule has 1 aromatic rings. The first kappa shape index (κ1) is 15.9. The molecule has 1 aromatic heterocycles. The van der Waals surface area contributed by atoms with E-state index in [2.05, 4.69) is 4.98 Å². The van der Waals surface area contributed by atoms with E-state index in [1.165, 1.54) is 0 Å². The molecule has 0 aliphatic carbocycles. The number of aromatic nitrogens is 2. The van der Waals surface area contributed by atoms with Gasteiger partial charge in [-0.05, 0) is 19.8 Å². The molecule has 2 aliphatic heterocycles. The van der Waals surface area contributed by atoms with Crippen LogP contribution in [0.25, 0.3) is 0 Å². The molecule has 8 heteroatoms. The number of ether oxygens (including phenoxy) is 1. The van der Waals surface area contributed by atoms with Crippen LogP contribution in [0.5, 0.6) is 0 Å². The lowest BCUT2D eigenvalue weighted by molar-refractivity contribution is 0.0695. The van der Waals surface area contributed by atoms with Gasteiger partial charge in [0, 0.05) is 45.3 Å². The van der Waals surface area contributed by atoms with Crippen LogP contribution in [-0.2, 0) is 22.0 Å². The van der Waals surface area contributed by atoms with Gasteiger partial charge in [0.2, 0.25) is 0 Å². The first-order chi connectivity index (χ1) is 10.5. The van der Waals surface area contributed by atoms with Crippen LogP contribution >= 0.6 is 0 Å². The molecule has 0 radical (unpaired) electrons. The molecule has 2 fully saturated rings. The predicted molar refractivity (Wildman–Crippen MR) is 82.8 cm³/mol. The van der Waals surface area contributed by atoms with Gasteiger partial charge in [-0.1, -0.05) is 0 Å². The Bertz CT molecular complexity index is 622. The normalized spacial score (nSPS) is 25.5. The first-order valence-corrected chi connectivity index (χ1v) is 9.21. The zero-order chi connectivity index (χ0) is 15.7. The number of piperidine rings is 1. The second-order valence-corrected chi connectivity index (χ2v) is 8.00. The molecule has 0 bridgehead atoms. The standard InChI is InChI=1S/C14H24N4O3S/c1-12-10-16(2)14(15-12)13-4-3-5-18(11-13)22(19,20)17-6-8-21-9-7-17/h10,13H,3-9,11H2,1-2H3/t13-/m0/s1. The van der Waals surface area contributed by atoms with E-state index in [4.69, 9.17) is 4.74 Å². The van der Waals surface area contributed by atoms with Gasteiger partial charge in [0.25, 0.3) is 10.2 Å². The van der Waals surface area contributed by atoms with Crippen LogP contribution in [0.15, 0.2) is 6.20 Å². The topological polar surface area (TPSA) is 67.7 Å². The van der Waals surface area contributed by atoms with E-state index < -0.39 is 10.2 Å². The Morgan fingerprint density at radius 1 is 1.23 bits per heavy atom. The van der Waals surface area contributed by atoms with Crippen LogP contribution in [0.4, 0.5) is 0 Å². The van der Waals surface area contributed by atoms with E-state index in [9.17, 15) is 8.42 Å². The fourth-order valence-corrected chi connectivity index (χ4v) is 4.98. The van der Waals surface area contributed by atoms with Gasteiger partial charge >= 0.3 is 0 Å². The zero-order valence-electron chi connectivity index (χ0n) is 13.2. The molecule has 2 aliphatic rings. The molecular weight excluding hydrogens is 304 g/mol. The Morgan fingerprint density at radius 2 is 1.95 bits per heavy atom. The van der Waals surface area contributed by atoms with E-state index in [0.29, 0.717) is 39.4 Å². The molecule has 0 amide bonds. The molecule has 0 N–H and O–H groups in total. The van der Waals surface area contributed by atoms with Gasteiger partial charge in [-0.15, -0.1) is 0 Å².